The Kier molecular flexibility index (Phi) is 5.14. The summed E-state index contributed by atoms with van der Waals surface area (Å²) in [5.41, 5.74) is 5.89. The molecule has 2 rings (SSSR count). The third-order valence-corrected chi connectivity index (χ3v) is 5.59. The highest BCUT2D eigenvalue weighted by Crippen LogP contribution is 2.52. The largest absolute Gasteiger partial charge is 0.389 e. The van der Waals surface area contributed by atoms with Crippen molar-refractivity contribution >= 4 is 0 Å². The fraction of sp³-hybridized carbons (Fsp3) is 0.700. The van der Waals surface area contributed by atoms with Crippen LogP contribution in [0, 0.1) is 11.3 Å². The van der Waals surface area contributed by atoms with Gasteiger partial charge in [-0.25, -0.2) is 0 Å². The monoisotopic (exact) mass is 288 g/mol. The first-order chi connectivity index (χ1) is 9.83. The molecule has 1 saturated carbocycles. The molecular formula is C20H32O. The Bertz CT molecular complexity index is 476. The molecule has 21 heavy (non-hydrogen) atoms. The Morgan fingerprint density at radius 1 is 1.14 bits per heavy atom. The van der Waals surface area contributed by atoms with Gasteiger partial charge in [-0.1, -0.05) is 35.8 Å². The fourth-order valence-electron chi connectivity index (χ4n) is 4.24. The van der Waals surface area contributed by atoms with Crippen LogP contribution in [0.5, 0.6) is 0 Å². The molecule has 0 heterocycles. The van der Waals surface area contributed by atoms with Crippen LogP contribution in [0.25, 0.3) is 0 Å². The lowest BCUT2D eigenvalue weighted by Crippen LogP contribution is -2.22. The van der Waals surface area contributed by atoms with Crippen molar-refractivity contribution in [1.82, 2.24) is 0 Å². The first-order valence-electron chi connectivity index (χ1n) is 8.50. The maximum Gasteiger partial charge on any atom is 0.0761 e. The van der Waals surface area contributed by atoms with Gasteiger partial charge < -0.3 is 5.11 Å². The van der Waals surface area contributed by atoms with Gasteiger partial charge in [0.1, 0.15) is 0 Å². The second-order valence-corrected chi connectivity index (χ2v) is 7.76. The van der Waals surface area contributed by atoms with Crippen molar-refractivity contribution in [2.24, 2.45) is 11.3 Å². The molecule has 0 radical (unpaired) electrons. The van der Waals surface area contributed by atoms with Crippen LogP contribution in [0.2, 0.25) is 0 Å². The fourth-order valence-corrected chi connectivity index (χ4v) is 4.24. The van der Waals surface area contributed by atoms with Crippen LogP contribution in [-0.4, -0.2) is 11.2 Å². The number of rotatable bonds is 0. The zero-order valence-corrected chi connectivity index (χ0v) is 14.5. The van der Waals surface area contributed by atoms with Gasteiger partial charge in [-0.3, -0.25) is 0 Å². The van der Waals surface area contributed by atoms with Gasteiger partial charge in [0, 0.05) is 0 Å². The smallest absolute Gasteiger partial charge is 0.0761 e. The first kappa shape index (κ1) is 16.5. The lowest BCUT2D eigenvalue weighted by atomic mass is 9.72. The van der Waals surface area contributed by atoms with Crippen molar-refractivity contribution < 1.29 is 5.11 Å². The topological polar surface area (TPSA) is 20.2 Å². The van der Waals surface area contributed by atoms with Crippen LogP contribution in [0.1, 0.15) is 73.1 Å². The number of fused-ring (bicyclic) bond motifs is 1. The predicted molar refractivity (Wildman–Crippen MR) is 91.2 cm³/mol. The summed E-state index contributed by atoms with van der Waals surface area (Å²) in [5, 5.41) is 10.6. The second-order valence-electron chi connectivity index (χ2n) is 7.76. The molecule has 1 heteroatoms. The molecule has 0 aromatic heterocycles. The van der Waals surface area contributed by atoms with Gasteiger partial charge >= 0.3 is 0 Å². The molecule has 1 fully saturated rings. The van der Waals surface area contributed by atoms with E-state index in [1.54, 1.807) is 0 Å². The van der Waals surface area contributed by atoms with Crippen molar-refractivity contribution in [3.8, 4) is 0 Å². The normalized spacial score (nSPS) is 39.6. The van der Waals surface area contributed by atoms with Crippen LogP contribution in [0.4, 0.5) is 0 Å². The highest BCUT2D eigenvalue weighted by Gasteiger charge is 2.45. The van der Waals surface area contributed by atoms with Crippen LogP contribution in [0.3, 0.4) is 0 Å². The molecule has 0 bridgehead atoms. The summed E-state index contributed by atoms with van der Waals surface area (Å²) in [5.74, 6) is 0.531. The third kappa shape index (κ3) is 3.69. The lowest BCUT2D eigenvalue weighted by molar-refractivity contribution is 0.172. The van der Waals surface area contributed by atoms with E-state index in [0.717, 1.165) is 12.8 Å². The van der Waals surface area contributed by atoms with Crippen molar-refractivity contribution in [3.05, 3.63) is 34.4 Å². The van der Waals surface area contributed by atoms with E-state index in [9.17, 15) is 5.11 Å². The van der Waals surface area contributed by atoms with E-state index in [4.69, 9.17) is 0 Å². The molecule has 0 aliphatic heterocycles. The van der Waals surface area contributed by atoms with Crippen LogP contribution in [0.15, 0.2) is 34.4 Å². The zero-order chi connectivity index (χ0) is 15.6. The van der Waals surface area contributed by atoms with Gasteiger partial charge in [0.05, 0.1) is 6.10 Å². The summed E-state index contributed by atoms with van der Waals surface area (Å²) >= 11 is 0. The highest BCUT2D eigenvalue weighted by atomic mass is 16.3. The molecule has 0 amide bonds. The molecule has 3 atom stereocenters. The van der Waals surface area contributed by atoms with E-state index in [1.807, 2.05) is 0 Å². The molecule has 2 aliphatic rings. The van der Waals surface area contributed by atoms with Gasteiger partial charge in [-0.15, -0.1) is 0 Å². The Morgan fingerprint density at radius 3 is 2.48 bits per heavy atom. The standard InChI is InChI=1S/C20H32O/c1-14(2)19-17-10-9-15(3)7-6-8-16(4)11-12-20(17,5)13-18(19)21/h7,11,17-18,21H,6,8-10,12-13H2,1-5H3/b15-7+,16-11+. The molecule has 2 aliphatic carbocycles. The van der Waals surface area contributed by atoms with E-state index < -0.39 is 0 Å². The quantitative estimate of drug-likeness (QED) is 0.578. The van der Waals surface area contributed by atoms with Gasteiger partial charge in [-0.2, -0.15) is 0 Å². The minimum atomic E-state index is -0.231. The van der Waals surface area contributed by atoms with Crippen molar-refractivity contribution in [3.63, 3.8) is 0 Å². The molecule has 1 N–H and O–H groups in total. The minimum absolute atomic E-state index is 0.220. The second kappa shape index (κ2) is 6.52. The summed E-state index contributed by atoms with van der Waals surface area (Å²) in [6.45, 7) is 11.2. The number of aliphatic hydroxyl groups excluding tert-OH is 1. The van der Waals surface area contributed by atoms with Crippen LogP contribution in [-0.2, 0) is 0 Å². The average molecular weight is 288 g/mol. The summed E-state index contributed by atoms with van der Waals surface area (Å²) in [7, 11) is 0. The molecular weight excluding hydrogens is 256 g/mol. The van der Waals surface area contributed by atoms with E-state index in [2.05, 4.69) is 46.8 Å². The van der Waals surface area contributed by atoms with Crippen molar-refractivity contribution in [2.75, 3.05) is 0 Å². The Hall–Kier alpha value is -0.820. The number of aliphatic hydroxyl groups is 1. The average Bonchev–Trinajstić information content (AvgIpc) is 2.64. The number of allylic oxidation sites excluding steroid dienone is 5. The highest BCUT2D eigenvalue weighted by molar-refractivity contribution is 5.28. The lowest BCUT2D eigenvalue weighted by Gasteiger charge is -2.31. The van der Waals surface area contributed by atoms with E-state index >= 15 is 0 Å². The van der Waals surface area contributed by atoms with Gasteiger partial charge in [0.15, 0.2) is 0 Å². The van der Waals surface area contributed by atoms with Gasteiger partial charge in [0.2, 0.25) is 0 Å². The first-order valence-corrected chi connectivity index (χ1v) is 8.50. The Balaban J connectivity index is 2.37. The van der Waals surface area contributed by atoms with Crippen molar-refractivity contribution in [2.45, 2.75) is 79.2 Å². The summed E-state index contributed by atoms with van der Waals surface area (Å²) < 4.78 is 0. The Morgan fingerprint density at radius 2 is 1.81 bits per heavy atom. The maximum absolute atomic E-state index is 10.6. The molecule has 3 unspecified atom stereocenters. The molecule has 1 nitrogen and oxygen atoms in total. The summed E-state index contributed by atoms with van der Waals surface area (Å²) in [4.78, 5) is 0. The molecule has 118 valence electrons. The molecule has 0 saturated heterocycles. The predicted octanol–water partition coefficient (Wildman–Crippen LogP) is 5.57. The molecule has 0 aromatic carbocycles. The van der Waals surface area contributed by atoms with Crippen LogP contribution < -0.4 is 0 Å². The van der Waals surface area contributed by atoms with E-state index in [0.29, 0.717) is 5.92 Å². The minimum Gasteiger partial charge on any atom is -0.389 e. The maximum atomic E-state index is 10.6. The van der Waals surface area contributed by atoms with E-state index in [-0.39, 0.29) is 11.5 Å². The summed E-state index contributed by atoms with van der Waals surface area (Å²) in [6.07, 6.45) is 11.3. The molecule has 0 aromatic rings. The van der Waals surface area contributed by atoms with E-state index in [1.165, 1.54) is 48.0 Å². The summed E-state index contributed by atoms with van der Waals surface area (Å²) in [6, 6.07) is 0. The third-order valence-electron chi connectivity index (χ3n) is 5.59. The SMILES string of the molecule is CC(C)=C1C(O)CC2(C)C/C=C(\C)CC/C=C(\C)CCC12. The van der Waals surface area contributed by atoms with Crippen LogP contribution >= 0.6 is 0 Å². The Labute approximate surface area is 130 Å². The van der Waals surface area contributed by atoms with Crippen molar-refractivity contribution in [1.29, 1.82) is 0 Å². The zero-order valence-electron chi connectivity index (χ0n) is 14.5. The molecule has 0 spiro atoms. The number of hydrogen-bond acceptors (Lipinski definition) is 1. The van der Waals surface area contributed by atoms with Gasteiger partial charge in [-0.05, 0) is 83.1 Å². The number of hydrogen-bond donors (Lipinski definition) is 1. The van der Waals surface area contributed by atoms with Gasteiger partial charge in [0.25, 0.3) is 0 Å².